The van der Waals surface area contributed by atoms with Crippen molar-refractivity contribution in [3.8, 4) is 0 Å². The summed E-state index contributed by atoms with van der Waals surface area (Å²) >= 11 is 0. The molecule has 22 heavy (non-hydrogen) atoms. The fourth-order valence-corrected chi connectivity index (χ4v) is 3.10. The van der Waals surface area contributed by atoms with E-state index in [9.17, 15) is 14.7 Å². The van der Waals surface area contributed by atoms with E-state index in [0.717, 1.165) is 32.0 Å². The van der Waals surface area contributed by atoms with Crippen molar-refractivity contribution in [2.24, 2.45) is 5.92 Å². The number of carbonyl (C=O) groups excluding carboxylic acids is 2. The lowest BCUT2D eigenvalue weighted by Gasteiger charge is -2.26. The van der Waals surface area contributed by atoms with Gasteiger partial charge in [0.15, 0.2) is 0 Å². The van der Waals surface area contributed by atoms with Gasteiger partial charge in [0.1, 0.15) is 18.6 Å². The monoisotopic (exact) mass is 312 g/mol. The largest absolute Gasteiger partial charge is 0.394 e. The first-order valence-electron chi connectivity index (χ1n) is 7.72. The third-order valence-electron chi connectivity index (χ3n) is 4.39. The van der Waals surface area contributed by atoms with Gasteiger partial charge in [0.05, 0.1) is 12.7 Å². The molecule has 3 atom stereocenters. The fourth-order valence-electron chi connectivity index (χ4n) is 3.10. The second-order valence-electron chi connectivity index (χ2n) is 5.81. The predicted octanol–water partition coefficient (Wildman–Crippen LogP) is 0.369. The molecule has 3 N–H and O–H groups in total. The average Bonchev–Trinajstić information content (AvgIpc) is 3.17. The second-order valence-corrected chi connectivity index (χ2v) is 5.81. The van der Waals surface area contributed by atoms with Crippen LogP contribution >= 0.6 is 0 Å². The SMILES string of the molecule is CNC(=O)N(/C=C(\C=O)C1CCCC1)[C@H]1C[C@H](O)[C@@H](CO)O1. The van der Waals surface area contributed by atoms with Gasteiger partial charge >= 0.3 is 6.03 Å². The molecule has 0 unspecified atom stereocenters. The van der Waals surface area contributed by atoms with Gasteiger partial charge in [-0.15, -0.1) is 0 Å². The van der Waals surface area contributed by atoms with E-state index in [4.69, 9.17) is 9.84 Å². The van der Waals surface area contributed by atoms with Crippen LogP contribution in [0.3, 0.4) is 0 Å². The number of carbonyl (C=O) groups is 2. The molecule has 0 aromatic heterocycles. The molecule has 0 aromatic carbocycles. The smallest absolute Gasteiger partial charge is 0.323 e. The molecule has 7 nitrogen and oxygen atoms in total. The van der Waals surface area contributed by atoms with E-state index in [1.165, 1.54) is 18.1 Å². The van der Waals surface area contributed by atoms with Gasteiger partial charge < -0.3 is 20.3 Å². The Morgan fingerprint density at radius 3 is 2.59 bits per heavy atom. The number of aliphatic hydroxyl groups is 2. The third-order valence-corrected chi connectivity index (χ3v) is 4.39. The summed E-state index contributed by atoms with van der Waals surface area (Å²) in [5.41, 5.74) is 0.576. The molecule has 2 amide bonds. The van der Waals surface area contributed by atoms with Crippen LogP contribution in [0.25, 0.3) is 0 Å². The molecule has 7 heteroatoms. The summed E-state index contributed by atoms with van der Waals surface area (Å²) in [5, 5.41) is 21.5. The van der Waals surface area contributed by atoms with E-state index in [2.05, 4.69) is 5.32 Å². The van der Waals surface area contributed by atoms with Crippen molar-refractivity contribution in [1.82, 2.24) is 10.2 Å². The van der Waals surface area contributed by atoms with Crippen LogP contribution in [0.4, 0.5) is 4.79 Å². The van der Waals surface area contributed by atoms with Gasteiger partial charge in [-0.25, -0.2) is 4.79 Å². The van der Waals surface area contributed by atoms with Crippen LogP contribution in [-0.4, -0.2) is 59.5 Å². The van der Waals surface area contributed by atoms with E-state index in [-0.39, 0.29) is 18.9 Å². The van der Waals surface area contributed by atoms with Crippen molar-refractivity contribution < 1.29 is 24.5 Å². The standard InChI is InChI=1S/C15H24N2O5/c1-16-15(21)17(14-6-12(20)13(9-19)22-14)7-11(8-18)10-4-2-3-5-10/h7-8,10,12-14,19-20H,2-6,9H2,1H3,(H,16,21)/b11-7+/t12-,13+,14+/m0/s1. The number of hydrogen-bond donors (Lipinski definition) is 3. The summed E-state index contributed by atoms with van der Waals surface area (Å²) in [5.74, 6) is 0.171. The Morgan fingerprint density at radius 2 is 2.09 bits per heavy atom. The minimum atomic E-state index is -0.832. The maximum Gasteiger partial charge on any atom is 0.323 e. The fraction of sp³-hybridized carbons (Fsp3) is 0.733. The summed E-state index contributed by atoms with van der Waals surface area (Å²) in [6.45, 7) is -0.313. The molecule has 2 fully saturated rings. The number of amides is 2. The number of rotatable bonds is 5. The molecule has 1 saturated heterocycles. The van der Waals surface area contributed by atoms with Gasteiger partial charge in [0.2, 0.25) is 0 Å². The van der Waals surface area contributed by atoms with Gasteiger partial charge in [0.25, 0.3) is 0 Å². The summed E-state index contributed by atoms with van der Waals surface area (Å²) in [6.07, 6.45) is 4.34. The van der Waals surface area contributed by atoms with E-state index < -0.39 is 24.5 Å². The molecule has 1 aliphatic heterocycles. The average molecular weight is 312 g/mol. The van der Waals surface area contributed by atoms with E-state index in [0.29, 0.717) is 5.57 Å². The highest BCUT2D eigenvalue weighted by atomic mass is 16.5. The van der Waals surface area contributed by atoms with Crippen LogP contribution in [0.2, 0.25) is 0 Å². The molecule has 1 saturated carbocycles. The Morgan fingerprint density at radius 1 is 1.41 bits per heavy atom. The molecule has 2 rings (SSSR count). The Labute approximate surface area is 129 Å². The molecule has 1 aliphatic carbocycles. The highest BCUT2D eigenvalue weighted by Gasteiger charge is 2.38. The number of hydrogen-bond acceptors (Lipinski definition) is 5. The third kappa shape index (κ3) is 3.66. The molecule has 1 heterocycles. The summed E-state index contributed by atoms with van der Waals surface area (Å²) in [6, 6.07) is -0.409. The molecule has 2 aliphatic rings. The Hall–Kier alpha value is -1.44. The highest BCUT2D eigenvalue weighted by Crippen LogP contribution is 2.31. The second kappa shape index (κ2) is 7.71. The lowest BCUT2D eigenvalue weighted by Crippen LogP contribution is -2.42. The summed E-state index contributed by atoms with van der Waals surface area (Å²) < 4.78 is 5.52. The van der Waals surface area contributed by atoms with Gasteiger partial charge in [-0.3, -0.25) is 9.69 Å². The molecular formula is C15H24N2O5. The van der Waals surface area contributed by atoms with E-state index >= 15 is 0 Å². The van der Waals surface area contributed by atoms with Crippen molar-refractivity contribution in [3.05, 3.63) is 11.8 Å². The molecular weight excluding hydrogens is 288 g/mol. The molecule has 0 aromatic rings. The number of urea groups is 1. The normalized spacial score (nSPS) is 29.6. The van der Waals surface area contributed by atoms with Crippen LogP contribution in [0.1, 0.15) is 32.1 Å². The number of aldehydes is 1. The first-order valence-corrected chi connectivity index (χ1v) is 7.72. The van der Waals surface area contributed by atoms with Crippen LogP contribution in [-0.2, 0) is 9.53 Å². The molecule has 0 spiro atoms. The number of nitrogens with one attached hydrogen (secondary N) is 1. The van der Waals surface area contributed by atoms with Crippen LogP contribution in [0, 0.1) is 5.92 Å². The Bertz CT molecular complexity index is 434. The summed E-state index contributed by atoms with van der Waals surface area (Å²) in [4.78, 5) is 24.8. The predicted molar refractivity (Wildman–Crippen MR) is 78.8 cm³/mol. The molecule has 0 radical (unpaired) electrons. The molecule has 124 valence electrons. The Balaban J connectivity index is 2.18. The van der Waals surface area contributed by atoms with E-state index in [1.54, 1.807) is 0 Å². The van der Waals surface area contributed by atoms with Crippen LogP contribution < -0.4 is 5.32 Å². The zero-order valence-electron chi connectivity index (χ0n) is 12.8. The van der Waals surface area contributed by atoms with Crippen LogP contribution in [0.5, 0.6) is 0 Å². The lowest BCUT2D eigenvalue weighted by atomic mass is 9.99. The summed E-state index contributed by atoms with van der Waals surface area (Å²) in [7, 11) is 1.49. The zero-order valence-corrected chi connectivity index (χ0v) is 12.8. The maximum absolute atomic E-state index is 12.1. The van der Waals surface area contributed by atoms with Crippen molar-refractivity contribution in [1.29, 1.82) is 0 Å². The minimum absolute atomic E-state index is 0.171. The number of ether oxygens (including phenoxy) is 1. The number of allylic oxidation sites excluding steroid dienone is 1. The van der Waals surface area contributed by atoms with E-state index in [1.807, 2.05) is 0 Å². The maximum atomic E-state index is 12.1. The lowest BCUT2D eigenvalue weighted by molar-refractivity contribution is -0.105. The van der Waals surface area contributed by atoms with Gasteiger partial charge in [-0.05, 0) is 18.8 Å². The molecule has 0 bridgehead atoms. The van der Waals surface area contributed by atoms with Crippen molar-refractivity contribution in [2.45, 2.75) is 50.5 Å². The highest BCUT2D eigenvalue weighted by molar-refractivity contribution is 5.79. The number of aliphatic hydroxyl groups excluding tert-OH is 2. The van der Waals surface area contributed by atoms with Crippen molar-refractivity contribution >= 4 is 12.3 Å². The first kappa shape index (κ1) is 16.9. The number of nitrogens with zero attached hydrogens (tertiary/aromatic N) is 1. The zero-order chi connectivity index (χ0) is 16.1. The van der Waals surface area contributed by atoms with Gasteiger partial charge in [-0.1, -0.05) is 12.8 Å². The van der Waals surface area contributed by atoms with Gasteiger partial charge in [-0.2, -0.15) is 0 Å². The Kier molecular flexibility index (Phi) is 5.93. The van der Waals surface area contributed by atoms with Crippen LogP contribution in [0.15, 0.2) is 11.8 Å². The quantitative estimate of drug-likeness (QED) is 0.503. The van der Waals surface area contributed by atoms with Crippen molar-refractivity contribution in [3.63, 3.8) is 0 Å². The first-order chi connectivity index (χ1) is 10.6. The minimum Gasteiger partial charge on any atom is -0.394 e. The van der Waals surface area contributed by atoms with Gasteiger partial charge in [0, 0.05) is 25.2 Å². The van der Waals surface area contributed by atoms with Crippen molar-refractivity contribution in [2.75, 3.05) is 13.7 Å². The topological polar surface area (TPSA) is 99.1 Å².